The van der Waals surface area contributed by atoms with Crippen LogP contribution in [0.4, 0.5) is 0 Å². The van der Waals surface area contributed by atoms with Crippen LogP contribution in [0.1, 0.15) is 79.1 Å². The molecule has 0 aliphatic rings. The summed E-state index contributed by atoms with van der Waals surface area (Å²) in [5.41, 5.74) is 0. The molecular weight excluding hydrogens is 287 g/mol. The molecule has 0 saturated carbocycles. The van der Waals surface area contributed by atoms with Crippen LogP contribution >= 0.6 is 0 Å². The lowest BCUT2D eigenvalue weighted by Crippen LogP contribution is -2.34. The maximum atomic E-state index is 11.7. The molecule has 0 aromatic heterocycles. The zero-order valence-electron chi connectivity index (χ0n) is 13.9. The first kappa shape index (κ1) is 20.4. The molecule has 0 aromatic carbocycles. The van der Waals surface area contributed by atoms with Crippen LogP contribution in [0, 0.1) is 0 Å². The van der Waals surface area contributed by atoms with Crippen molar-refractivity contribution >= 4 is 27.1 Å². The second-order valence-corrected chi connectivity index (χ2v) is 6.69. The van der Waals surface area contributed by atoms with Gasteiger partial charge in [-0.25, -0.2) is 0 Å². The Morgan fingerprint density at radius 1 is 0.857 bits per heavy atom. The molecule has 0 saturated heterocycles. The lowest BCUT2D eigenvalue weighted by atomic mass is 10.2. The van der Waals surface area contributed by atoms with E-state index in [1.165, 1.54) is 0 Å². The number of hydrogen-bond donors (Lipinski definition) is 0. The van der Waals surface area contributed by atoms with Crippen LogP contribution in [-0.4, -0.2) is 33.2 Å². The fourth-order valence-electron chi connectivity index (χ4n) is 1.67. The van der Waals surface area contributed by atoms with E-state index in [0.29, 0.717) is 12.8 Å². The SMILES string of the molecule is CCCCCC(=O)[O][Al]([O]C(=O)CCCCC)[O]C(C)C. The number of carbonyl (C=O) groups is 2. The standard InChI is InChI=1S/2C6H12O2.C3H7O.Al/c2*1-2-3-4-5-6(7)8;1-3(2)4;/h2*2-5H2,1H3,(H,7,8);3H,1-2H3;/q;;-1;+3/p-2. The van der Waals surface area contributed by atoms with Gasteiger partial charge in [-0.1, -0.05) is 39.5 Å². The Labute approximate surface area is 133 Å². The molecule has 6 heteroatoms. The predicted molar refractivity (Wildman–Crippen MR) is 82.4 cm³/mol. The maximum Gasteiger partial charge on any atom is 1.10 e. The van der Waals surface area contributed by atoms with Crippen molar-refractivity contribution in [3.63, 3.8) is 0 Å². The van der Waals surface area contributed by atoms with E-state index in [2.05, 4.69) is 13.8 Å². The van der Waals surface area contributed by atoms with Gasteiger partial charge in [-0.2, -0.15) is 0 Å². The fourth-order valence-corrected chi connectivity index (χ4v) is 2.94. The molecule has 0 spiro atoms. The second-order valence-electron chi connectivity index (χ2n) is 5.37. The summed E-state index contributed by atoms with van der Waals surface area (Å²) in [4.78, 5) is 23.4. The summed E-state index contributed by atoms with van der Waals surface area (Å²) < 4.78 is 15.9. The third-order valence-corrected chi connectivity index (χ3v) is 4.48. The van der Waals surface area contributed by atoms with E-state index < -0.39 is 15.1 Å². The van der Waals surface area contributed by atoms with Crippen LogP contribution in [0.2, 0.25) is 0 Å². The first-order chi connectivity index (χ1) is 9.99. The molecule has 0 heterocycles. The molecular formula is C15H29AlO5. The molecule has 0 amide bonds. The Bertz CT molecular complexity index is 270. The highest BCUT2D eigenvalue weighted by atomic mass is 27.3. The average Bonchev–Trinajstić information content (AvgIpc) is 2.38. The zero-order chi connectivity index (χ0) is 16.1. The molecule has 0 N–H and O–H groups in total. The van der Waals surface area contributed by atoms with Crippen LogP contribution in [-0.2, 0) is 21.0 Å². The Morgan fingerprint density at radius 3 is 1.62 bits per heavy atom. The Kier molecular flexibility index (Phi) is 12.8. The number of rotatable bonds is 12. The Hall–Kier alpha value is -0.568. The Balaban J connectivity index is 4.18. The molecule has 0 aromatic rings. The summed E-state index contributed by atoms with van der Waals surface area (Å²) in [6.07, 6.45) is 6.23. The Morgan fingerprint density at radius 2 is 1.29 bits per heavy atom. The maximum absolute atomic E-state index is 11.7. The summed E-state index contributed by atoms with van der Waals surface area (Å²) in [5, 5.41) is 0. The smallest absolute Gasteiger partial charge is 0.562 e. The van der Waals surface area contributed by atoms with Gasteiger partial charge in [-0.15, -0.1) is 0 Å². The van der Waals surface area contributed by atoms with Gasteiger partial charge in [0.15, 0.2) is 0 Å². The van der Waals surface area contributed by atoms with E-state index in [-0.39, 0.29) is 18.0 Å². The molecule has 21 heavy (non-hydrogen) atoms. The van der Waals surface area contributed by atoms with E-state index in [4.69, 9.17) is 11.4 Å². The minimum Gasteiger partial charge on any atom is -0.562 e. The van der Waals surface area contributed by atoms with Crippen molar-refractivity contribution in [2.45, 2.75) is 85.2 Å². The van der Waals surface area contributed by atoms with Gasteiger partial charge in [0.1, 0.15) is 0 Å². The second kappa shape index (κ2) is 13.1. The number of hydrogen-bond acceptors (Lipinski definition) is 5. The highest BCUT2D eigenvalue weighted by Crippen LogP contribution is 2.07. The van der Waals surface area contributed by atoms with Crippen LogP contribution in [0.15, 0.2) is 0 Å². The monoisotopic (exact) mass is 316 g/mol. The molecule has 0 aliphatic heterocycles. The van der Waals surface area contributed by atoms with Crippen molar-refractivity contribution in [2.75, 3.05) is 0 Å². The van der Waals surface area contributed by atoms with Crippen LogP contribution in [0.5, 0.6) is 0 Å². The molecule has 122 valence electrons. The predicted octanol–water partition coefficient (Wildman–Crippen LogP) is 3.64. The van der Waals surface area contributed by atoms with E-state index in [0.717, 1.165) is 38.5 Å². The van der Waals surface area contributed by atoms with Gasteiger partial charge in [0, 0.05) is 18.9 Å². The molecule has 5 nitrogen and oxygen atoms in total. The first-order valence-corrected chi connectivity index (χ1v) is 9.45. The van der Waals surface area contributed by atoms with Crippen molar-refractivity contribution in [3.05, 3.63) is 0 Å². The first-order valence-electron chi connectivity index (χ1n) is 8.04. The van der Waals surface area contributed by atoms with Gasteiger partial charge in [0.2, 0.25) is 0 Å². The zero-order valence-corrected chi connectivity index (χ0v) is 15.0. The van der Waals surface area contributed by atoms with Crippen molar-refractivity contribution in [2.24, 2.45) is 0 Å². The number of carbonyl (C=O) groups excluding carboxylic acids is 2. The summed E-state index contributed by atoms with van der Waals surface area (Å²) in [6.45, 7) is 7.80. The number of unbranched alkanes of at least 4 members (excludes halogenated alkanes) is 4. The van der Waals surface area contributed by atoms with E-state index in [9.17, 15) is 9.59 Å². The van der Waals surface area contributed by atoms with Gasteiger partial charge in [0.25, 0.3) is 11.9 Å². The molecule has 0 aliphatic carbocycles. The van der Waals surface area contributed by atoms with Gasteiger partial charge >= 0.3 is 15.1 Å². The van der Waals surface area contributed by atoms with Crippen molar-refractivity contribution < 1.29 is 21.0 Å². The molecule has 0 rings (SSSR count). The largest absolute Gasteiger partial charge is 1.10 e. The summed E-state index contributed by atoms with van der Waals surface area (Å²) in [5.74, 6) is -0.663. The lowest BCUT2D eigenvalue weighted by molar-refractivity contribution is -0.144. The van der Waals surface area contributed by atoms with Crippen molar-refractivity contribution in [1.82, 2.24) is 0 Å². The van der Waals surface area contributed by atoms with Gasteiger partial charge in [-0.05, 0) is 26.7 Å². The van der Waals surface area contributed by atoms with Crippen LogP contribution < -0.4 is 0 Å². The molecule has 0 bridgehead atoms. The average molecular weight is 316 g/mol. The van der Waals surface area contributed by atoms with Gasteiger partial charge in [-0.3, -0.25) is 9.59 Å². The van der Waals surface area contributed by atoms with E-state index >= 15 is 0 Å². The van der Waals surface area contributed by atoms with Crippen LogP contribution in [0.25, 0.3) is 0 Å². The minimum absolute atomic E-state index is 0.131. The minimum atomic E-state index is -2.71. The van der Waals surface area contributed by atoms with Gasteiger partial charge in [0.05, 0.1) is 0 Å². The molecule has 0 fully saturated rings. The normalized spacial score (nSPS) is 10.5. The van der Waals surface area contributed by atoms with E-state index in [1.807, 2.05) is 13.8 Å². The lowest BCUT2D eigenvalue weighted by Gasteiger charge is -2.15. The van der Waals surface area contributed by atoms with Crippen molar-refractivity contribution in [1.29, 1.82) is 0 Å². The quantitative estimate of drug-likeness (QED) is 0.406. The molecule has 0 radical (unpaired) electrons. The summed E-state index contributed by atoms with van der Waals surface area (Å²) in [6, 6.07) is 0. The highest BCUT2D eigenvalue weighted by molar-refractivity contribution is 6.41. The van der Waals surface area contributed by atoms with Crippen LogP contribution in [0.3, 0.4) is 0 Å². The van der Waals surface area contributed by atoms with E-state index in [1.54, 1.807) is 0 Å². The molecule has 0 atom stereocenters. The van der Waals surface area contributed by atoms with Crippen molar-refractivity contribution in [3.8, 4) is 0 Å². The third-order valence-electron chi connectivity index (χ3n) is 2.81. The molecule has 0 unspecified atom stereocenters. The topological polar surface area (TPSA) is 61.8 Å². The summed E-state index contributed by atoms with van der Waals surface area (Å²) >= 11 is -2.71. The highest BCUT2D eigenvalue weighted by Gasteiger charge is 2.43. The van der Waals surface area contributed by atoms with Gasteiger partial charge < -0.3 is 11.4 Å². The summed E-state index contributed by atoms with van der Waals surface area (Å²) in [7, 11) is 0. The fraction of sp³-hybridized carbons (Fsp3) is 0.867. The third kappa shape index (κ3) is 12.9.